The molecule has 0 saturated carbocycles. The van der Waals surface area contributed by atoms with Crippen molar-refractivity contribution in [2.45, 2.75) is 32.7 Å². The van der Waals surface area contributed by atoms with Crippen LogP contribution in [0.3, 0.4) is 0 Å². The van der Waals surface area contributed by atoms with Crippen molar-refractivity contribution in [2.75, 3.05) is 24.6 Å². The molecule has 1 amide bonds. The number of likely N-dealkylation sites (N-methyl/N-ethyl adjacent to an activating group) is 1. The van der Waals surface area contributed by atoms with Crippen LogP contribution in [0.25, 0.3) is 0 Å². The zero-order valence-corrected chi connectivity index (χ0v) is 11.9. The number of rotatable bonds is 3. The molecule has 0 saturated heterocycles. The van der Waals surface area contributed by atoms with Gasteiger partial charge in [-0.2, -0.15) is 0 Å². The summed E-state index contributed by atoms with van der Waals surface area (Å²) in [6.45, 7) is 7.98. The van der Waals surface area contributed by atoms with Gasteiger partial charge >= 0.3 is 0 Å². The van der Waals surface area contributed by atoms with E-state index in [2.05, 4.69) is 5.32 Å². The summed E-state index contributed by atoms with van der Waals surface area (Å²) in [4.78, 5) is 14.6. The number of hydrogen-bond acceptors (Lipinski definition) is 3. The van der Waals surface area contributed by atoms with Gasteiger partial charge < -0.3 is 15.0 Å². The highest BCUT2D eigenvalue weighted by Gasteiger charge is 2.33. The molecule has 4 nitrogen and oxygen atoms in total. The molecular formula is C15H22N2O2. The first-order valence-electron chi connectivity index (χ1n) is 6.85. The minimum atomic E-state index is -0.563. The summed E-state index contributed by atoms with van der Waals surface area (Å²) in [7, 11) is 0. The van der Waals surface area contributed by atoms with Crippen LogP contribution in [-0.2, 0) is 4.79 Å². The fourth-order valence-corrected chi connectivity index (χ4v) is 2.39. The second-order valence-electron chi connectivity index (χ2n) is 5.28. The SMILES string of the molecule is CCNC(C)(C)C(=O)N1CCCOc2ccccc21. The third kappa shape index (κ3) is 2.89. The smallest absolute Gasteiger partial charge is 0.246 e. The van der Waals surface area contributed by atoms with E-state index < -0.39 is 5.54 Å². The molecule has 1 aromatic rings. The molecule has 1 N–H and O–H groups in total. The molecule has 1 heterocycles. The number of anilines is 1. The highest BCUT2D eigenvalue weighted by Crippen LogP contribution is 2.31. The standard InChI is InChI=1S/C15H22N2O2/c1-4-16-15(2,3)14(18)17-10-7-11-19-13-9-6-5-8-12(13)17/h5-6,8-9,16H,4,7,10-11H2,1-3H3. The molecule has 104 valence electrons. The minimum Gasteiger partial charge on any atom is -0.491 e. The molecule has 0 bridgehead atoms. The zero-order valence-electron chi connectivity index (χ0n) is 11.9. The third-order valence-corrected chi connectivity index (χ3v) is 3.34. The van der Waals surface area contributed by atoms with Crippen LogP contribution in [0, 0.1) is 0 Å². The Labute approximate surface area is 114 Å². The van der Waals surface area contributed by atoms with Gasteiger partial charge in [0.05, 0.1) is 17.8 Å². The Morgan fingerprint density at radius 3 is 2.89 bits per heavy atom. The molecule has 0 atom stereocenters. The Hall–Kier alpha value is -1.55. The fourth-order valence-electron chi connectivity index (χ4n) is 2.39. The lowest BCUT2D eigenvalue weighted by atomic mass is 10.0. The summed E-state index contributed by atoms with van der Waals surface area (Å²) >= 11 is 0. The van der Waals surface area contributed by atoms with Crippen LogP contribution in [-0.4, -0.2) is 31.1 Å². The number of nitrogens with one attached hydrogen (secondary N) is 1. The molecule has 0 aromatic heterocycles. The van der Waals surface area contributed by atoms with Gasteiger partial charge in [0.2, 0.25) is 5.91 Å². The molecule has 1 aliphatic rings. The molecule has 1 aliphatic heterocycles. The average Bonchev–Trinajstić information content (AvgIpc) is 2.60. The first-order chi connectivity index (χ1) is 9.06. The van der Waals surface area contributed by atoms with Crippen molar-refractivity contribution in [3.8, 4) is 5.75 Å². The highest BCUT2D eigenvalue weighted by atomic mass is 16.5. The van der Waals surface area contributed by atoms with Gasteiger partial charge in [-0.15, -0.1) is 0 Å². The van der Waals surface area contributed by atoms with Crippen LogP contribution in [0.5, 0.6) is 5.75 Å². The van der Waals surface area contributed by atoms with E-state index in [1.807, 2.05) is 49.9 Å². The van der Waals surface area contributed by atoms with Crippen molar-refractivity contribution in [1.29, 1.82) is 0 Å². The quantitative estimate of drug-likeness (QED) is 0.908. The maximum absolute atomic E-state index is 12.7. The highest BCUT2D eigenvalue weighted by molar-refractivity contribution is 6.00. The van der Waals surface area contributed by atoms with E-state index in [-0.39, 0.29) is 5.91 Å². The molecule has 0 aliphatic carbocycles. The van der Waals surface area contributed by atoms with Crippen LogP contribution in [0.15, 0.2) is 24.3 Å². The Morgan fingerprint density at radius 1 is 1.42 bits per heavy atom. The molecule has 0 spiro atoms. The number of hydrogen-bond donors (Lipinski definition) is 1. The number of ether oxygens (including phenoxy) is 1. The van der Waals surface area contributed by atoms with Gasteiger partial charge in [-0.05, 0) is 38.9 Å². The summed E-state index contributed by atoms with van der Waals surface area (Å²) in [5.74, 6) is 0.882. The van der Waals surface area contributed by atoms with Crippen LogP contribution < -0.4 is 15.0 Å². The summed E-state index contributed by atoms with van der Waals surface area (Å²) in [5.41, 5.74) is 0.308. The van der Waals surface area contributed by atoms with Gasteiger partial charge in [-0.3, -0.25) is 4.79 Å². The Balaban J connectivity index is 2.32. The van der Waals surface area contributed by atoms with Gasteiger partial charge in [0.1, 0.15) is 5.75 Å². The fraction of sp³-hybridized carbons (Fsp3) is 0.533. The molecule has 19 heavy (non-hydrogen) atoms. The number of fused-ring (bicyclic) bond motifs is 1. The molecule has 1 aromatic carbocycles. The number of carbonyl (C=O) groups is 1. The van der Waals surface area contributed by atoms with E-state index in [4.69, 9.17) is 4.74 Å². The largest absolute Gasteiger partial charge is 0.491 e. The Kier molecular flexibility index (Phi) is 4.10. The van der Waals surface area contributed by atoms with E-state index >= 15 is 0 Å². The van der Waals surface area contributed by atoms with Gasteiger partial charge in [0, 0.05) is 6.54 Å². The molecule has 0 fully saturated rings. The summed E-state index contributed by atoms with van der Waals surface area (Å²) < 4.78 is 5.69. The van der Waals surface area contributed by atoms with Crippen molar-refractivity contribution in [3.63, 3.8) is 0 Å². The second-order valence-corrected chi connectivity index (χ2v) is 5.28. The Morgan fingerprint density at radius 2 is 2.16 bits per heavy atom. The predicted octanol–water partition coefficient (Wildman–Crippen LogP) is 2.19. The number of amides is 1. The summed E-state index contributed by atoms with van der Waals surface area (Å²) in [5, 5.41) is 3.24. The lowest BCUT2D eigenvalue weighted by molar-refractivity contribution is -0.123. The van der Waals surface area contributed by atoms with Crippen molar-refractivity contribution in [2.24, 2.45) is 0 Å². The molecule has 0 unspecified atom stereocenters. The zero-order chi connectivity index (χ0) is 13.9. The van der Waals surface area contributed by atoms with Gasteiger partial charge in [-0.1, -0.05) is 19.1 Å². The van der Waals surface area contributed by atoms with E-state index in [0.717, 1.165) is 24.4 Å². The maximum Gasteiger partial charge on any atom is 0.246 e. The average molecular weight is 262 g/mol. The van der Waals surface area contributed by atoms with Gasteiger partial charge in [0.15, 0.2) is 0 Å². The summed E-state index contributed by atoms with van der Waals surface area (Å²) in [6.07, 6.45) is 0.850. The van der Waals surface area contributed by atoms with Crippen molar-refractivity contribution >= 4 is 11.6 Å². The molecular weight excluding hydrogens is 240 g/mol. The number of carbonyl (C=O) groups excluding carboxylic acids is 1. The Bertz CT molecular complexity index is 457. The van der Waals surface area contributed by atoms with Gasteiger partial charge in [-0.25, -0.2) is 0 Å². The van der Waals surface area contributed by atoms with E-state index in [0.29, 0.717) is 13.2 Å². The normalized spacial score (nSPS) is 15.4. The van der Waals surface area contributed by atoms with E-state index in [1.165, 1.54) is 0 Å². The molecule has 4 heteroatoms. The van der Waals surface area contributed by atoms with Crippen LogP contribution in [0.4, 0.5) is 5.69 Å². The minimum absolute atomic E-state index is 0.0901. The van der Waals surface area contributed by atoms with Crippen LogP contribution >= 0.6 is 0 Å². The second kappa shape index (κ2) is 5.61. The lowest BCUT2D eigenvalue weighted by Gasteiger charge is -2.32. The molecule has 2 rings (SSSR count). The number of benzene rings is 1. The summed E-state index contributed by atoms with van der Waals surface area (Å²) in [6, 6.07) is 7.73. The first-order valence-corrected chi connectivity index (χ1v) is 6.85. The first kappa shape index (κ1) is 13.9. The van der Waals surface area contributed by atoms with E-state index in [1.54, 1.807) is 0 Å². The maximum atomic E-state index is 12.7. The number of para-hydroxylation sites is 2. The van der Waals surface area contributed by atoms with Gasteiger partial charge in [0.25, 0.3) is 0 Å². The number of nitrogens with zero attached hydrogens (tertiary/aromatic N) is 1. The lowest BCUT2D eigenvalue weighted by Crippen LogP contribution is -2.54. The van der Waals surface area contributed by atoms with Crippen molar-refractivity contribution in [3.05, 3.63) is 24.3 Å². The monoisotopic (exact) mass is 262 g/mol. The van der Waals surface area contributed by atoms with Crippen LogP contribution in [0.1, 0.15) is 27.2 Å². The van der Waals surface area contributed by atoms with Crippen molar-refractivity contribution < 1.29 is 9.53 Å². The van der Waals surface area contributed by atoms with Crippen LogP contribution in [0.2, 0.25) is 0 Å². The molecule has 0 radical (unpaired) electrons. The topological polar surface area (TPSA) is 41.6 Å². The third-order valence-electron chi connectivity index (χ3n) is 3.34. The predicted molar refractivity (Wildman–Crippen MR) is 76.7 cm³/mol. The van der Waals surface area contributed by atoms with Crippen molar-refractivity contribution in [1.82, 2.24) is 5.32 Å². The van der Waals surface area contributed by atoms with E-state index in [9.17, 15) is 4.79 Å².